The quantitative estimate of drug-likeness (QED) is 0.901. The van der Waals surface area contributed by atoms with Crippen LogP contribution in [0.15, 0.2) is 18.2 Å². The zero-order chi connectivity index (χ0) is 14.0. The maximum Gasteiger partial charge on any atom is 0.329 e. The monoisotopic (exact) mass is 302 g/mol. The van der Waals surface area contributed by atoms with E-state index in [0.717, 1.165) is 13.1 Å². The molecule has 0 aliphatic carbocycles. The molecule has 0 amide bonds. The minimum Gasteiger partial charge on any atom is -0.480 e. The maximum absolute atomic E-state index is 11.6. The normalized spacial score (nSPS) is 19.1. The summed E-state index contributed by atoms with van der Waals surface area (Å²) in [7, 11) is 1.99. The molecule has 0 atom stereocenters. The van der Waals surface area contributed by atoms with Crippen molar-refractivity contribution in [1.82, 2.24) is 4.90 Å². The zero-order valence-corrected chi connectivity index (χ0v) is 12.1. The summed E-state index contributed by atoms with van der Waals surface area (Å²) in [6.07, 6.45) is 1.11. The van der Waals surface area contributed by atoms with Gasteiger partial charge in [-0.15, -0.1) is 0 Å². The number of benzene rings is 1. The summed E-state index contributed by atoms with van der Waals surface area (Å²) in [6, 6.07) is 5.07. The van der Waals surface area contributed by atoms with Crippen LogP contribution in [0, 0.1) is 0 Å². The summed E-state index contributed by atoms with van der Waals surface area (Å²) < 4.78 is 0. The second kappa shape index (κ2) is 5.57. The lowest BCUT2D eigenvalue weighted by Gasteiger charge is -2.38. The van der Waals surface area contributed by atoms with E-state index in [1.165, 1.54) is 0 Å². The molecule has 19 heavy (non-hydrogen) atoms. The molecule has 1 aromatic carbocycles. The van der Waals surface area contributed by atoms with Gasteiger partial charge in [0.15, 0.2) is 0 Å². The molecule has 0 spiro atoms. The number of rotatable bonds is 3. The van der Waals surface area contributed by atoms with Gasteiger partial charge in [-0.25, -0.2) is 4.79 Å². The number of nitrogens with one attached hydrogen (secondary N) is 1. The molecule has 1 saturated heterocycles. The first kappa shape index (κ1) is 14.4. The molecule has 6 heteroatoms. The first-order valence-electron chi connectivity index (χ1n) is 6.08. The fourth-order valence-electron chi connectivity index (χ4n) is 2.24. The average Bonchev–Trinajstić information content (AvgIpc) is 2.37. The van der Waals surface area contributed by atoms with E-state index in [1.54, 1.807) is 18.2 Å². The highest BCUT2D eigenvalue weighted by Gasteiger charge is 2.40. The number of hydrogen-bond donors (Lipinski definition) is 2. The molecule has 0 unspecified atom stereocenters. The second-order valence-corrected chi connectivity index (χ2v) is 5.76. The number of carboxylic acid groups (broad SMARTS) is 1. The number of aliphatic carboxylic acids is 1. The van der Waals surface area contributed by atoms with E-state index in [-0.39, 0.29) is 0 Å². The molecular formula is C13H16Cl2N2O2. The van der Waals surface area contributed by atoms with Crippen molar-refractivity contribution in [1.29, 1.82) is 0 Å². The molecule has 1 fully saturated rings. The number of carboxylic acids is 1. The molecule has 1 aliphatic heterocycles. The van der Waals surface area contributed by atoms with Crippen molar-refractivity contribution in [2.24, 2.45) is 0 Å². The number of carbonyl (C=O) groups is 1. The van der Waals surface area contributed by atoms with Gasteiger partial charge in [0.1, 0.15) is 5.54 Å². The standard InChI is InChI=1S/C13H16Cl2N2O2/c1-17-6-4-13(5-7-17,12(18)19)16-9-2-3-10(14)11(15)8-9/h2-3,8,16H,4-7H2,1H3,(H,18,19). The third-order valence-electron chi connectivity index (χ3n) is 3.55. The number of nitrogens with zero attached hydrogens (tertiary/aromatic N) is 1. The number of hydrogen-bond acceptors (Lipinski definition) is 3. The van der Waals surface area contributed by atoms with Crippen LogP contribution in [0.1, 0.15) is 12.8 Å². The zero-order valence-electron chi connectivity index (χ0n) is 10.6. The molecule has 0 bridgehead atoms. The summed E-state index contributed by atoms with van der Waals surface area (Å²) in [4.78, 5) is 13.7. The average molecular weight is 303 g/mol. The van der Waals surface area contributed by atoms with Crippen molar-refractivity contribution in [3.8, 4) is 0 Å². The van der Waals surface area contributed by atoms with Crippen LogP contribution in [0.3, 0.4) is 0 Å². The molecule has 0 radical (unpaired) electrons. The lowest BCUT2D eigenvalue weighted by Crippen LogP contribution is -2.53. The molecule has 1 aliphatic rings. The highest BCUT2D eigenvalue weighted by Crippen LogP contribution is 2.30. The molecule has 0 saturated carbocycles. The van der Waals surface area contributed by atoms with Crippen molar-refractivity contribution < 1.29 is 9.90 Å². The Labute approximate surface area is 122 Å². The Morgan fingerprint density at radius 3 is 2.47 bits per heavy atom. The van der Waals surface area contributed by atoms with E-state index < -0.39 is 11.5 Å². The Morgan fingerprint density at radius 2 is 1.95 bits per heavy atom. The Kier molecular flexibility index (Phi) is 4.23. The van der Waals surface area contributed by atoms with Crippen molar-refractivity contribution >= 4 is 34.9 Å². The third-order valence-corrected chi connectivity index (χ3v) is 4.29. The molecular weight excluding hydrogens is 287 g/mol. The van der Waals surface area contributed by atoms with Gasteiger partial charge in [0, 0.05) is 18.8 Å². The van der Waals surface area contributed by atoms with Crippen LogP contribution < -0.4 is 5.32 Å². The van der Waals surface area contributed by atoms with Crippen molar-refractivity contribution in [2.45, 2.75) is 18.4 Å². The van der Waals surface area contributed by atoms with Crippen LogP contribution in [0.25, 0.3) is 0 Å². The summed E-state index contributed by atoms with van der Waals surface area (Å²) >= 11 is 11.8. The predicted molar refractivity (Wildman–Crippen MR) is 77.2 cm³/mol. The largest absolute Gasteiger partial charge is 0.480 e. The fraction of sp³-hybridized carbons (Fsp3) is 0.462. The highest BCUT2D eigenvalue weighted by atomic mass is 35.5. The first-order chi connectivity index (χ1) is 8.93. The van der Waals surface area contributed by atoms with Crippen LogP contribution in [-0.2, 0) is 4.79 Å². The number of halogens is 2. The molecule has 4 nitrogen and oxygen atoms in total. The van der Waals surface area contributed by atoms with E-state index in [9.17, 15) is 9.90 Å². The molecule has 1 heterocycles. The second-order valence-electron chi connectivity index (χ2n) is 4.94. The van der Waals surface area contributed by atoms with E-state index >= 15 is 0 Å². The smallest absolute Gasteiger partial charge is 0.329 e. The molecule has 0 aromatic heterocycles. The minimum absolute atomic E-state index is 0.417. The van der Waals surface area contributed by atoms with E-state index in [4.69, 9.17) is 23.2 Å². The van der Waals surface area contributed by atoms with Gasteiger partial charge in [-0.1, -0.05) is 23.2 Å². The van der Waals surface area contributed by atoms with Gasteiger partial charge in [0.25, 0.3) is 0 Å². The van der Waals surface area contributed by atoms with Gasteiger partial charge in [0.05, 0.1) is 10.0 Å². The topological polar surface area (TPSA) is 52.6 Å². The van der Waals surface area contributed by atoms with E-state index in [0.29, 0.717) is 28.6 Å². The van der Waals surface area contributed by atoms with Crippen molar-refractivity contribution in [3.05, 3.63) is 28.2 Å². The molecule has 2 N–H and O–H groups in total. The Bertz CT molecular complexity index is 486. The highest BCUT2D eigenvalue weighted by molar-refractivity contribution is 6.42. The van der Waals surface area contributed by atoms with Crippen LogP contribution in [-0.4, -0.2) is 41.7 Å². The third kappa shape index (κ3) is 3.14. The predicted octanol–water partition coefficient (Wildman–Crippen LogP) is 2.95. The van der Waals surface area contributed by atoms with Crippen LogP contribution >= 0.6 is 23.2 Å². The Balaban J connectivity index is 2.21. The lowest BCUT2D eigenvalue weighted by atomic mass is 9.87. The summed E-state index contributed by atoms with van der Waals surface area (Å²) in [5.41, 5.74) is -0.245. The lowest BCUT2D eigenvalue weighted by molar-refractivity contribution is -0.143. The van der Waals surface area contributed by atoms with Gasteiger partial charge >= 0.3 is 5.97 Å². The summed E-state index contributed by atoms with van der Waals surface area (Å²) in [5, 5.41) is 13.5. The van der Waals surface area contributed by atoms with E-state index in [1.807, 2.05) is 7.05 Å². The number of anilines is 1. The summed E-state index contributed by atoms with van der Waals surface area (Å²) in [6.45, 7) is 1.50. The molecule has 104 valence electrons. The van der Waals surface area contributed by atoms with Crippen molar-refractivity contribution in [3.63, 3.8) is 0 Å². The van der Waals surface area contributed by atoms with Gasteiger partial charge in [0.2, 0.25) is 0 Å². The first-order valence-corrected chi connectivity index (χ1v) is 6.84. The van der Waals surface area contributed by atoms with Gasteiger partial charge in [-0.05, 0) is 38.1 Å². The number of piperidine rings is 1. The SMILES string of the molecule is CN1CCC(Nc2ccc(Cl)c(Cl)c2)(C(=O)O)CC1. The van der Waals surface area contributed by atoms with Gasteiger partial charge in [-0.3, -0.25) is 0 Å². The number of likely N-dealkylation sites (tertiary alicyclic amines) is 1. The van der Waals surface area contributed by atoms with Crippen LogP contribution in [0.5, 0.6) is 0 Å². The maximum atomic E-state index is 11.6. The Morgan fingerprint density at radius 1 is 1.32 bits per heavy atom. The fourth-order valence-corrected chi connectivity index (χ4v) is 2.54. The summed E-state index contributed by atoms with van der Waals surface area (Å²) in [5.74, 6) is -0.827. The minimum atomic E-state index is -0.927. The van der Waals surface area contributed by atoms with Crippen LogP contribution in [0.4, 0.5) is 5.69 Å². The van der Waals surface area contributed by atoms with Crippen LogP contribution in [0.2, 0.25) is 10.0 Å². The van der Waals surface area contributed by atoms with E-state index in [2.05, 4.69) is 10.2 Å². The van der Waals surface area contributed by atoms with Crippen molar-refractivity contribution in [2.75, 3.05) is 25.5 Å². The van der Waals surface area contributed by atoms with Gasteiger partial charge < -0.3 is 15.3 Å². The Hall–Kier alpha value is -0.970. The van der Waals surface area contributed by atoms with Gasteiger partial charge in [-0.2, -0.15) is 0 Å². The molecule has 2 rings (SSSR count). The molecule has 1 aromatic rings.